The van der Waals surface area contributed by atoms with Gasteiger partial charge in [-0.2, -0.15) is 0 Å². The quantitative estimate of drug-likeness (QED) is 0.876. The molecule has 1 atom stereocenters. The number of fused-ring (bicyclic) bond motifs is 1. The highest BCUT2D eigenvalue weighted by atomic mass is 32.1. The van der Waals surface area contributed by atoms with Gasteiger partial charge in [-0.15, -0.1) is 11.3 Å². The van der Waals surface area contributed by atoms with E-state index in [1.807, 2.05) is 5.38 Å². The van der Waals surface area contributed by atoms with Crippen LogP contribution in [0.1, 0.15) is 52.9 Å². The molecule has 0 spiro atoms. The number of rotatable bonds is 2. The van der Waals surface area contributed by atoms with E-state index in [0.29, 0.717) is 0 Å². The normalized spacial score (nSPS) is 22.6. The van der Waals surface area contributed by atoms with Crippen LogP contribution in [0.4, 0.5) is 0 Å². The Morgan fingerprint density at radius 2 is 2.10 bits per heavy atom. The zero-order chi connectivity index (χ0) is 13.9. The molecule has 108 valence electrons. The molecule has 1 aliphatic heterocycles. The van der Waals surface area contributed by atoms with E-state index in [1.165, 1.54) is 16.9 Å². The van der Waals surface area contributed by atoms with E-state index in [4.69, 9.17) is 0 Å². The fourth-order valence-electron chi connectivity index (χ4n) is 3.00. The molecule has 1 aliphatic carbocycles. The maximum absolute atomic E-state index is 12.4. The highest BCUT2D eigenvalue weighted by molar-refractivity contribution is 7.10. The van der Waals surface area contributed by atoms with E-state index in [9.17, 15) is 9.59 Å². The third kappa shape index (κ3) is 2.73. The third-order valence-electron chi connectivity index (χ3n) is 4.15. The molecule has 0 saturated carbocycles. The van der Waals surface area contributed by atoms with Gasteiger partial charge in [0.15, 0.2) is 0 Å². The van der Waals surface area contributed by atoms with Crippen molar-refractivity contribution < 1.29 is 9.59 Å². The Morgan fingerprint density at radius 3 is 3.00 bits per heavy atom. The van der Waals surface area contributed by atoms with Gasteiger partial charge in [-0.1, -0.05) is 0 Å². The van der Waals surface area contributed by atoms with Gasteiger partial charge in [-0.3, -0.25) is 9.59 Å². The van der Waals surface area contributed by atoms with E-state index < -0.39 is 0 Å². The minimum absolute atomic E-state index is 0.0417. The van der Waals surface area contributed by atoms with Gasteiger partial charge in [-0.25, -0.2) is 0 Å². The molecule has 2 amide bonds. The fraction of sp³-hybridized carbons (Fsp3) is 0.600. The molecule has 0 aromatic carbocycles. The average molecular weight is 292 g/mol. The number of carbonyl (C=O) groups excluding carboxylic acids is 2. The van der Waals surface area contributed by atoms with Gasteiger partial charge in [-0.05, 0) is 50.5 Å². The summed E-state index contributed by atoms with van der Waals surface area (Å²) in [5.41, 5.74) is 2.01. The van der Waals surface area contributed by atoms with Crippen molar-refractivity contribution in [3.8, 4) is 0 Å². The van der Waals surface area contributed by atoms with Crippen molar-refractivity contribution in [2.45, 2.75) is 51.0 Å². The molecule has 4 nitrogen and oxygen atoms in total. The molecular formula is C15H20N2O2S. The van der Waals surface area contributed by atoms with Crippen molar-refractivity contribution >= 4 is 23.2 Å². The smallest absolute Gasteiger partial charge is 0.253 e. The summed E-state index contributed by atoms with van der Waals surface area (Å²) in [6.07, 6.45) is 7.18. The lowest BCUT2D eigenvalue weighted by Crippen LogP contribution is -2.45. The summed E-state index contributed by atoms with van der Waals surface area (Å²) in [6, 6.07) is -0.371. The molecule has 1 aromatic rings. The van der Waals surface area contributed by atoms with Crippen LogP contribution in [0, 0.1) is 0 Å². The van der Waals surface area contributed by atoms with Crippen LogP contribution in [0.2, 0.25) is 0 Å². The Morgan fingerprint density at radius 1 is 1.25 bits per heavy atom. The summed E-state index contributed by atoms with van der Waals surface area (Å²) in [6.45, 7) is 0.721. The molecule has 2 aliphatic rings. The van der Waals surface area contributed by atoms with E-state index >= 15 is 0 Å². The van der Waals surface area contributed by atoms with Gasteiger partial charge in [0, 0.05) is 16.8 Å². The SMILES string of the molecule is O=C(NC1CCCCNC1=O)c1csc2c1CCCC2. The van der Waals surface area contributed by atoms with Crippen molar-refractivity contribution in [3.63, 3.8) is 0 Å². The predicted molar refractivity (Wildman–Crippen MR) is 79.1 cm³/mol. The number of nitrogens with one attached hydrogen (secondary N) is 2. The lowest BCUT2D eigenvalue weighted by molar-refractivity contribution is -0.122. The summed E-state index contributed by atoms with van der Waals surface area (Å²) < 4.78 is 0. The highest BCUT2D eigenvalue weighted by Crippen LogP contribution is 2.30. The molecule has 1 saturated heterocycles. The van der Waals surface area contributed by atoms with Gasteiger partial charge in [0.05, 0.1) is 5.56 Å². The van der Waals surface area contributed by atoms with Crippen LogP contribution in [0.3, 0.4) is 0 Å². The van der Waals surface area contributed by atoms with Gasteiger partial charge in [0.1, 0.15) is 6.04 Å². The molecule has 1 fully saturated rings. The van der Waals surface area contributed by atoms with Crippen LogP contribution in [0.5, 0.6) is 0 Å². The van der Waals surface area contributed by atoms with Crippen molar-refractivity contribution in [1.82, 2.24) is 10.6 Å². The number of amides is 2. The van der Waals surface area contributed by atoms with Gasteiger partial charge in [0.25, 0.3) is 5.91 Å². The summed E-state index contributed by atoms with van der Waals surface area (Å²) in [7, 11) is 0. The summed E-state index contributed by atoms with van der Waals surface area (Å²) in [4.78, 5) is 25.7. The summed E-state index contributed by atoms with van der Waals surface area (Å²) >= 11 is 1.69. The predicted octanol–water partition coefficient (Wildman–Crippen LogP) is 2.03. The van der Waals surface area contributed by atoms with Crippen LogP contribution in [0.25, 0.3) is 0 Å². The molecule has 2 heterocycles. The molecule has 3 rings (SSSR count). The molecule has 1 aromatic heterocycles. The topological polar surface area (TPSA) is 58.2 Å². The second kappa shape index (κ2) is 5.95. The average Bonchev–Trinajstić information content (AvgIpc) is 2.79. The van der Waals surface area contributed by atoms with Crippen LogP contribution >= 0.6 is 11.3 Å². The minimum Gasteiger partial charge on any atom is -0.354 e. The van der Waals surface area contributed by atoms with Crippen LogP contribution < -0.4 is 10.6 Å². The standard InChI is InChI=1S/C15H20N2O2S/c18-14(17-12-6-3-4-8-16-15(12)19)11-9-20-13-7-2-1-5-10(11)13/h9,12H,1-8H2,(H,16,19)(H,17,18). The Balaban J connectivity index is 1.72. The second-order valence-electron chi connectivity index (χ2n) is 5.57. The molecule has 0 radical (unpaired) electrons. The Labute approximate surface area is 122 Å². The number of aryl methyl sites for hydroxylation is 1. The number of hydrogen-bond donors (Lipinski definition) is 2. The van der Waals surface area contributed by atoms with Gasteiger partial charge < -0.3 is 10.6 Å². The molecule has 5 heteroatoms. The van der Waals surface area contributed by atoms with E-state index in [-0.39, 0.29) is 17.9 Å². The lowest BCUT2D eigenvalue weighted by Gasteiger charge is -2.17. The molecule has 20 heavy (non-hydrogen) atoms. The van der Waals surface area contributed by atoms with Crippen molar-refractivity contribution in [3.05, 3.63) is 21.4 Å². The van der Waals surface area contributed by atoms with Gasteiger partial charge >= 0.3 is 0 Å². The highest BCUT2D eigenvalue weighted by Gasteiger charge is 2.25. The van der Waals surface area contributed by atoms with Crippen LogP contribution in [-0.4, -0.2) is 24.4 Å². The molecule has 1 unspecified atom stereocenters. The maximum atomic E-state index is 12.4. The molecule has 0 bridgehead atoms. The first-order valence-corrected chi connectivity index (χ1v) is 8.31. The van der Waals surface area contributed by atoms with Crippen molar-refractivity contribution in [1.29, 1.82) is 0 Å². The zero-order valence-corrected chi connectivity index (χ0v) is 12.4. The summed E-state index contributed by atoms with van der Waals surface area (Å²) in [5, 5.41) is 7.73. The second-order valence-corrected chi connectivity index (χ2v) is 6.54. The van der Waals surface area contributed by atoms with E-state index in [2.05, 4.69) is 10.6 Å². The number of carbonyl (C=O) groups is 2. The maximum Gasteiger partial charge on any atom is 0.253 e. The third-order valence-corrected chi connectivity index (χ3v) is 5.24. The van der Waals surface area contributed by atoms with E-state index in [0.717, 1.165) is 50.6 Å². The largest absolute Gasteiger partial charge is 0.354 e. The van der Waals surface area contributed by atoms with Crippen LogP contribution in [-0.2, 0) is 17.6 Å². The Bertz CT molecular complexity index is 524. The first kappa shape index (κ1) is 13.6. The van der Waals surface area contributed by atoms with Crippen molar-refractivity contribution in [2.24, 2.45) is 0 Å². The first-order chi connectivity index (χ1) is 9.75. The molecule has 2 N–H and O–H groups in total. The zero-order valence-electron chi connectivity index (χ0n) is 11.5. The van der Waals surface area contributed by atoms with E-state index in [1.54, 1.807) is 11.3 Å². The van der Waals surface area contributed by atoms with Gasteiger partial charge in [0.2, 0.25) is 5.91 Å². The minimum atomic E-state index is -0.371. The Hall–Kier alpha value is -1.36. The Kier molecular flexibility index (Phi) is 4.05. The van der Waals surface area contributed by atoms with Crippen LogP contribution in [0.15, 0.2) is 5.38 Å². The fourth-order valence-corrected chi connectivity index (χ4v) is 4.12. The number of hydrogen-bond acceptors (Lipinski definition) is 3. The van der Waals surface area contributed by atoms with Crippen molar-refractivity contribution in [2.75, 3.05) is 6.54 Å². The lowest BCUT2D eigenvalue weighted by atomic mass is 9.95. The summed E-state index contributed by atoms with van der Waals surface area (Å²) in [5.74, 6) is -0.119. The monoisotopic (exact) mass is 292 g/mol. The molecular weight excluding hydrogens is 272 g/mol. The number of thiophene rings is 1. The first-order valence-electron chi connectivity index (χ1n) is 7.43.